The molecular weight excluding hydrogens is 349 g/mol. The van der Waals surface area contributed by atoms with Gasteiger partial charge in [-0.15, -0.1) is 13.2 Å². The van der Waals surface area contributed by atoms with Crippen LogP contribution in [0.15, 0.2) is 24.3 Å². The molecule has 1 heterocycles. The fraction of sp³-hybridized carbons (Fsp3) is 0.500. The van der Waals surface area contributed by atoms with Crippen LogP contribution < -0.4 is 15.4 Å². The molecule has 2 N–H and O–H groups in total. The van der Waals surface area contributed by atoms with Crippen molar-refractivity contribution in [1.82, 2.24) is 5.32 Å². The second-order valence-corrected chi connectivity index (χ2v) is 7.78. The van der Waals surface area contributed by atoms with Gasteiger partial charge in [0.1, 0.15) is 11.8 Å². The van der Waals surface area contributed by atoms with Gasteiger partial charge in [-0.3, -0.25) is 4.79 Å². The molecule has 24 heavy (non-hydrogen) atoms. The second kappa shape index (κ2) is 6.88. The molecule has 1 aromatic carbocycles. The predicted molar refractivity (Wildman–Crippen MR) is 81.4 cm³/mol. The number of hydrogen-bond acceptors (Lipinski definition) is 5. The standard InChI is InChI=1S/C14H17F3N2O4S/c1-9(13(20)19-11-6-7-24(21,22)8-11)18-10-2-4-12(5-3-10)23-14(15,16)17/h2-5,9,11,18H,6-8H2,1H3,(H,19,20). The van der Waals surface area contributed by atoms with Crippen LogP contribution in [0, 0.1) is 0 Å². The van der Waals surface area contributed by atoms with Crippen molar-refractivity contribution in [2.75, 3.05) is 16.8 Å². The first kappa shape index (κ1) is 18.4. The summed E-state index contributed by atoms with van der Waals surface area (Å²) in [7, 11) is -3.09. The van der Waals surface area contributed by atoms with Gasteiger partial charge in [-0.05, 0) is 37.6 Å². The molecule has 0 aromatic heterocycles. The maximum absolute atomic E-state index is 12.1. The third-order valence-corrected chi connectivity index (χ3v) is 5.21. The van der Waals surface area contributed by atoms with Crippen molar-refractivity contribution >= 4 is 21.4 Å². The van der Waals surface area contributed by atoms with Crippen molar-refractivity contribution in [3.8, 4) is 5.75 Å². The van der Waals surface area contributed by atoms with Crippen LogP contribution in [-0.4, -0.2) is 44.3 Å². The molecule has 2 rings (SSSR count). The first-order valence-electron chi connectivity index (χ1n) is 7.17. The number of carbonyl (C=O) groups excluding carboxylic acids is 1. The van der Waals surface area contributed by atoms with Gasteiger partial charge in [0, 0.05) is 11.7 Å². The topological polar surface area (TPSA) is 84.5 Å². The van der Waals surface area contributed by atoms with E-state index in [4.69, 9.17) is 0 Å². The summed E-state index contributed by atoms with van der Waals surface area (Å²) in [4.78, 5) is 12.0. The van der Waals surface area contributed by atoms with E-state index in [-0.39, 0.29) is 23.2 Å². The minimum atomic E-state index is -4.76. The summed E-state index contributed by atoms with van der Waals surface area (Å²) in [6.07, 6.45) is -4.38. The molecule has 0 bridgehead atoms. The number of rotatable bonds is 5. The van der Waals surface area contributed by atoms with Gasteiger partial charge >= 0.3 is 6.36 Å². The van der Waals surface area contributed by atoms with E-state index in [2.05, 4.69) is 15.4 Å². The normalized spacial score (nSPS) is 21.1. The van der Waals surface area contributed by atoms with Crippen LogP contribution in [0.1, 0.15) is 13.3 Å². The molecule has 1 aliphatic rings. The molecule has 0 radical (unpaired) electrons. The summed E-state index contributed by atoms with van der Waals surface area (Å²) in [6.45, 7) is 1.57. The van der Waals surface area contributed by atoms with Gasteiger partial charge in [-0.2, -0.15) is 0 Å². The Balaban J connectivity index is 1.87. The number of benzene rings is 1. The average Bonchev–Trinajstić information content (AvgIpc) is 2.78. The Bertz CT molecular complexity index is 689. The largest absolute Gasteiger partial charge is 0.573 e. The van der Waals surface area contributed by atoms with Crippen molar-refractivity contribution in [2.45, 2.75) is 31.8 Å². The minimum Gasteiger partial charge on any atom is -0.406 e. The van der Waals surface area contributed by atoms with Gasteiger partial charge in [0.2, 0.25) is 5.91 Å². The molecule has 6 nitrogen and oxygen atoms in total. The van der Waals surface area contributed by atoms with Gasteiger partial charge in [0.05, 0.1) is 11.5 Å². The summed E-state index contributed by atoms with van der Waals surface area (Å²) in [5.74, 6) is -0.760. The average molecular weight is 366 g/mol. The summed E-state index contributed by atoms with van der Waals surface area (Å²) in [5.41, 5.74) is 0.436. The smallest absolute Gasteiger partial charge is 0.406 e. The molecular formula is C14H17F3N2O4S. The highest BCUT2D eigenvalue weighted by Gasteiger charge is 2.31. The van der Waals surface area contributed by atoms with Crippen LogP contribution in [-0.2, 0) is 14.6 Å². The highest BCUT2D eigenvalue weighted by atomic mass is 32.2. The third-order valence-electron chi connectivity index (χ3n) is 3.44. The Morgan fingerprint density at radius 1 is 1.29 bits per heavy atom. The van der Waals surface area contributed by atoms with E-state index in [0.717, 1.165) is 12.1 Å². The van der Waals surface area contributed by atoms with Gasteiger partial charge in [-0.1, -0.05) is 0 Å². The van der Waals surface area contributed by atoms with E-state index < -0.39 is 28.3 Å². The summed E-state index contributed by atoms with van der Waals surface area (Å²) < 4.78 is 62.7. The van der Waals surface area contributed by atoms with Gasteiger partial charge in [-0.25, -0.2) is 8.42 Å². The zero-order valence-electron chi connectivity index (χ0n) is 12.8. The fourth-order valence-corrected chi connectivity index (χ4v) is 3.98. The number of nitrogens with one attached hydrogen (secondary N) is 2. The first-order chi connectivity index (χ1) is 11.0. The van der Waals surface area contributed by atoms with Crippen molar-refractivity contribution < 1.29 is 31.1 Å². The van der Waals surface area contributed by atoms with E-state index in [1.54, 1.807) is 6.92 Å². The SMILES string of the molecule is CC(Nc1ccc(OC(F)(F)F)cc1)C(=O)NC1CCS(=O)(=O)C1. The number of halogens is 3. The molecule has 0 saturated carbocycles. The Labute approximate surface area is 137 Å². The molecule has 0 aliphatic carbocycles. The van der Waals surface area contributed by atoms with Crippen LogP contribution >= 0.6 is 0 Å². The van der Waals surface area contributed by atoms with Gasteiger partial charge in [0.25, 0.3) is 0 Å². The lowest BCUT2D eigenvalue weighted by molar-refractivity contribution is -0.274. The van der Waals surface area contributed by atoms with Gasteiger partial charge < -0.3 is 15.4 Å². The Morgan fingerprint density at radius 3 is 2.42 bits per heavy atom. The predicted octanol–water partition coefficient (Wildman–Crippen LogP) is 1.69. The number of hydrogen-bond donors (Lipinski definition) is 2. The second-order valence-electron chi connectivity index (χ2n) is 5.55. The van der Waals surface area contributed by atoms with Gasteiger partial charge in [0.15, 0.2) is 9.84 Å². The van der Waals surface area contributed by atoms with E-state index in [1.165, 1.54) is 12.1 Å². The molecule has 1 saturated heterocycles. The number of carbonyl (C=O) groups is 1. The number of ether oxygens (including phenoxy) is 1. The fourth-order valence-electron chi connectivity index (χ4n) is 2.30. The molecule has 134 valence electrons. The molecule has 1 aromatic rings. The lowest BCUT2D eigenvalue weighted by Crippen LogP contribution is -2.43. The molecule has 1 aliphatic heterocycles. The zero-order chi connectivity index (χ0) is 18.0. The summed E-state index contributed by atoms with van der Waals surface area (Å²) in [6, 6.07) is 3.88. The van der Waals surface area contributed by atoms with E-state index in [9.17, 15) is 26.4 Å². The van der Waals surface area contributed by atoms with Crippen LogP contribution in [0.25, 0.3) is 0 Å². The molecule has 2 unspecified atom stereocenters. The lowest BCUT2D eigenvalue weighted by atomic mass is 10.2. The van der Waals surface area contributed by atoms with Crippen LogP contribution in [0.4, 0.5) is 18.9 Å². The zero-order valence-corrected chi connectivity index (χ0v) is 13.6. The van der Waals surface area contributed by atoms with Crippen molar-refractivity contribution in [3.05, 3.63) is 24.3 Å². The maximum Gasteiger partial charge on any atom is 0.573 e. The third kappa shape index (κ3) is 5.59. The maximum atomic E-state index is 12.1. The molecule has 0 spiro atoms. The van der Waals surface area contributed by atoms with E-state index in [0.29, 0.717) is 12.1 Å². The molecule has 10 heteroatoms. The first-order valence-corrected chi connectivity index (χ1v) is 8.99. The number of sulfone groups is 1. The van der Waals surface area contributed by atoms with E-state index in [1.807, 2.05) is 0 Å². The minimum absolute atomic E-state index is 0.0560. The van der Waals surface area contributed by atoms with Crippen LogP contribution in [0.3, 0.4) is 0 Å². The quantitative estimate of drug-likeness (QED) is 0.829. The molecule has 1 amide bonds. The van der Waals surface area contributed by atoms with Crippen LogP contribution in [0.5, 0.6) is 5.75 Å². The van der Waals surface area contributed by atoms with Crippen molar-refractivity contribution in [1.29, 1.82) is 0 Å². The Kier molecular flexibility index (Phi) is 5.26. The lowest BCUT2D eigenvalue weighted by Gasteiger charge is -2.18. The van der Waals surface area contributed by atoms with Crippen molar-refractivity contribution in [2.24, 2.45) is 0 Å². The highest BCUT2D eigenvalue weighted by molar-refractivity contribution is 7.91. The number of alkyl halides is 3. The summed E-state index contributed by atoms with van der Waals surface area (Å²) >= 11 is 0. The number of anilines is 1. The Hall–Kier alpha value is -1.97. The summed E-state index contributed by atoms with van der Waals surface area (Å²) in [5, 5.41) is 5.47. The monoisotopic (exact) mass is 366 g/mol. The van der Waals surface area contributed by atoms with E-state index >= 15 is 0 Å². The molecule has 1 fully saturated rings. The number of amides is 1. The Morgan fingerprint density at radius 2 is 1.92 bits per heavy atom. The molecule has 2 atom stereocenters. The van der Waals surface area contributed by atoms with Crippen LogP contribution in [0.2, 0.25) is 0 Å². The van der Waals surface area contributed by atoms with Crippen molar-refractivity contribution in [3.63, 3.8) is 0 Å². The highest BCUT2D eigenvalue weighted by Crippen LogP contribution is 2.24.